The molecular weight excluding hydrogens is 410 g/mol. The van der Waals surface area contributed by atoms with Crippen LogP contribution in [-0.4, -0.2) is 37.5 Å². The van der Waals surface area contributed by atoms with Crippen molar-refractivity contribution >= 4 is 23.4 Å². The molecule has 170 valence electrons. The Bertz CT molecular complexity index is 999. The van der Waals surface area contributed by atoms with Crippen molar-refractivity contribution in [3.63, 3.8) is 0 Å². The fourth-order valence-electron chi connectivity index (χ4n) is 3.73. The fourth-order valence-corrected chi connectivity index (χ4v) is 3.73. The Hall–Kier alpha value is -3.55. The summed E-state index contributed by atoms with van der Waals surface area (Å²) in [5.74, 6) is -0.417. The molecule has 0 saturated heterocycles. The van der Waals surface area contributed by atoms with Crippen LogP contribution in [-0.2, 0) is 4.79 Å². The zero-order valence-corrected chi connectivity index (χ0v) is 18.4. The minimum Gasteiger partial charge on any atom is -0.493 e. The molecule has 0 bridgehead atoms. The summed E-state index contributed by atoms with van der Waals surface area (Å²) in [5.41, 5.74) is 7.41. The van der Waals surface area contributed by atoms with Gasteiger partial charge in [0.05, 0.1) is 7.11 Å². The number of hydrogen-bond acceptors (Lipinski definition) is 5. The topological polar surface area (TPSA) is 120 Å². The van der Waals surface area contributed by atoms with Gasteiger partial charge in [-0.2, -0.15) is 0 Å². The third kappa shape index (κ3) is 6.00. The van der Waals surface area contributed by atoms with Gasteiger partial charge in [-0.1, -0.05) is 19.3 Å². The number of carbonyl (C=O) groups is 3. The quantitative estimate of drug-likeness (QED) is 0.584. The van der Waals surface area contributed by atoms with E-state index in [-0.39, 0.29) is 24.5 Å². The maximum Gasteiger partial charge on any atom is 0.255 e. The lowest BCUT2D eigenvalue weighted by atomic mass is 9.95. The Morgan fingerprint density at radius 3 is 2.31 bits per heavy atom. The van der Waals surface area contributed by atoms with E-state index in [1.165, 1.54) is 19.6 Å². The number of ether oxygens (including phenoxy) is 2. The highest BCUT2D eigenvalue weighted by Gasteiger charge is 2.18. The first-order valence-electron chi connectivity index (χ1n) is 10.7. The second kappa shape index (κ2) is 10.7. The SMILES string of the molecule is COc1cc(C(=O)Nc2ccc(C(=O)NC3CCCCC3)cc2C)ccc1OCC(N)=O. The molecule has 2 aromatic rings. The van der Waals surface area contributed by atoms with Crippen LogP contribution >= 0.6 is 0 Å². The number of hydrogen-bond donors (Lipinski definition) is 3. The zero-order chi connectivity index (χ0) is 23.1. The molecule has 8 heteroatoms. The first-order chi connectivity index (χ1) is 15.4. The molecule has 0 unspecified atom stereocenters. The summed E-state index contributed by atoms with van der Waals surface area (Å²) in [6.07, 6.45) is 5.58. The highest BCUT2D eigenvalue weighted by molar-refractivity contribution is 6.05. The van der Waals surface area contributed by atoms with Crippen molar-refractivity contribution in [3.05, 3.63) is 53.1 Å². The Labute approximate surface area is 187 Å². The van der Waals surface area contributed by atoms with Crippen LogP contribution in [0.5, 0.6) is 11.5 Å². The average molecular weight is 440 g/mol. The molecule has 1 aliphatic carbocycles. The van der Waals surface area contributed by atoms with E-state index in [0.29, 0.717) is 28.3 Å². The van der Waals surface area contributed by atoms with Crippen molar-refractivity contribution in [1.82, 2.24) is 5.32 Å². The minimum atomic E-state index is -0.611. The number of benzene rings is 2. The van der Waals surface area contributed by atoms with Crippen molar-refractivity contribution in [2.24, 2.45) is 5.73 Å². The first kappa shape index (κ1) is 23.1. The largest absolute Gasteiger partial charge is 0.493 e. The van der Waals surface area contributed by atoms with Crippen molar-refractivity contribution in [3.8, 4) is 11.5 Å². The van der Waals surface area contributed by atoms with E-state index < -0.39 is 5.91 Å². The molecule has 3 amide bonds. The average Bonchev–Trinajstić information content (AvgIpc) is 2.79. The smallest absolute Gasteiger partial charge is 0.255 e. The summed E-state index contributed by atoms with van der Waals surface area (Å²) in [5, 5.41) is 5.96. The van der Waals surface area contributed by atoms with Gasteiger partial charge in [-0.15, -0.1) is 0 Å². The second-order valence-corrected chi connectivity index (χ2v) is 7.91. The molecule has 1 aliphatic rings. The third-order valence-electron chi connectivity index (χ3n) is 5.47. The highest BCUT2D eigenvalue weighted by Crippen LogP contribution is 2.29. The molecule has 8 nitrogen and oxygen atoms in total. The van der Waals surface area contributed by atoms with Crippen molar-refractivity contribution < 1.29 is 23.9 Å². The van der Waals surface area contributed by atoms with E-state index in [0.717, 1.165) is 31.2 Å². The lowest BCUT2D eigenvalue weighted by molar-refractivity contribution is -0.119. The number of nitrogens with two attached hydrogens (primary N) is 1. The van der Waals surface area contributed by atoms with Gasteiger partial charge in [0.2, 0.25) is 0 Å². The van der Waals surface area contributed by atoms with Gasteiger partial charge in [0.15, 0.2) is 18.1 Å². The molecule has 4 N–H and O–H groups in total. The summed E-state index contributed by atoms with van der Waals surface area (Å²) in [6, 6.07) is 10.1. The summed E-state index contributed by atoms with van der Waals surface area (Å²) >= 11 is 0. The van der Waals surface area contributed by atoms with Crippen LogP contribution in [0.4, 0.5) is 5.69 Å². The van der Waals surface area contributed by atoms with Gasteiger partial charge in [0.25, 0.3) is 17.7 Å². The number of nitrogens with one attached hydrogen (secondary N) is 2. The summed E-state index contributed by atoms with van der Waals surface area (Å²) in [6.45, 7) is 1.55. The lowest BCUT2D eigenvalue weighted by Gasteiger charge is -2.23. The number of carbonyl (C=O) groups excluding carboxylic acids is 3. The number of anilines is 1. The van der Waals surface area contributed by atoms with Crippen LogP contribution in [0.2, 0.25) is 0 Å². The molecule has 2 aromatic carbocycles. The van der Waals surface area contributed by atoms with Gasteiger partial charge in [-0.25, -0.2) is 0 Å². The molecule has 0 atom stereocenters. The Morgan fingerprint density at radius 1 is 0.969 bits per heavy atom. The van der Waals surface area contributed by atoms with Gasteiger partial charge in [-0.05, 0) is 61.7 Å². The number of amides is 3. The van der Waals surface area contributed by atoms with Gasteiger partial charge in [0.1, 0.15) is 0 Å². The van der Waals surface area contributed by atoms with Crippen LogP contribution in [0.1, 0.15) is 58.4 Å². The Morgan fingerprint density at radius 2 is 1.66 bits per heavy atom. The molecule has 0 radical (unpaired) electrons. The van der Waals surface area contributed by atoms with E-state index in [1.807, 2.05) is 6.92 Å². The van der Waals surface area contributed by atoms with Crippen molar-refractivity contribution in [2.75, 3.05) is 19.0 Å². The predicted octanol–water partition coefficient (Wildman–Crippen LogP) is 3.18. The fraction of sp³-hybridized carbons (Fsp3) is 0.375. The molecule has 1 fully saturated rings. The monoisotopic (exact) mass is 439 g/mol. The maximum absolute atomic E-state index is 12.7. The van der Waals surface area contributed by atoms with E-state index in [2.05, 4.69) is 10.6 Å². The predicted molar refractivity (Wildman–Crippen MR) is 121 cm³/mol. The molecule has 32 heavy (non-hydrogen) atoms. The third-order valence-corrected chi connectivity index (χ3v) is 5.47. The van der Waals surface area contributed by atoms with Crippen LogP contribution in [0.25, 0.3) is 0 Å². The van der Waals surface area contributed by atoms with Crippen molar-refractivity contribution in [2.45, 2.75) is 45.1 Å². The summed E-state index contributed by atoms with van der Waals surface area (Å²) in [7, 11) is 1.44. The highest BCUT2D eigenvalue weighted by atomic mass is 16.5. The van der Waals surface area contributed by atoms with Crippen molar-refractivity contribution in [1.29, 1.82) is 0 Å². The molecular formula is C24H29N3O5. The van der Waals surface area contributed by atoms with Crippen LogP contribution in [0.3, 0.4) is 0 Å². The summed E-state index contributed by atoms with van der Waals surface area (Å²) in [4.78, 5) is 36.2. The van der Waals surface area contributed by atoms with Crippen LogP contribution < -0.4 is 25.8 Å². The standard InChI is InChI=1S/C24H29N3O5/c1-15-12-16(23(29)26-18-6-4-3-5-7-18)8-10-19(15)27-24(30)17-9-11-20(21(13-17)31-2)32-14-22(25)28/h8-13,18H,3-7,14H2,1-2H3,(H2,25,28)(H,26,29)(H,27,30). The minimum absolute atomic E-state index is 0.0887. The van der Waals surface area contributed by atoms with E-state index in [4.69, 9.17) is 15.2 Å². The Balaban J connectivity index is 1.66. The van der Waals surface area contributed by atoms with E-state index >= 15 is 0 Å². The summed E-state index contributed by atoms with van der Waals surface area (Å²) < 4.78 is 10.5. The van der Waals surface area contributed by atoms with Gasteiger partial charge < -0.3 is 25.8 Å². The van der Waals surface area contributed by atoms with E-state index in [1.54, 1.807) is 30.3 Å². The molecule has 0 aromatic heterocycles. The van der Waals surface area contributed by atoms with Gasteiger partial charge in [0, 0.05) is 22.9 Å². The van der Waals surface area contributed by atoms with Gasteiger partial charge in [-0.3, -0.25) is 14.4 Å². The Kier molecular flexibility index (Phi) is 7.70. The molecule has 0 aliphatic heterocycles. The number of primary amides is 1. The maximum atomic E-state index is 12.7. The normalized spacial score (nSPS) is 13.8. The molecule has 0 heterocycles. The first-order valence-corrected chi connectivity index (χ1v) is 10.7. The molecule has 3 rings (SSSR count). The molecule has 1 saturated carbocycles. The van der Waals surface area contributed by atoms with Crippen LogP contribution in [0.15, 0.2) is 36.4 Å². The number of aryl methyl sites for hydroxylation is 1. The zero-order valence-electron chi connectivity index (χ0n) is 18.4. The lowest BCUT2D eigenvalue weighted by Crippen LogP contribution is -2.36. The number of methoxy groups -OCH3 is 1. The van der Waals surface area contributed by atoms with E-state index in [9.17, 15) is 14.4 Å². The van der Waals surface area contributed by atoms with Crippen LogP contribution in [0, 0.1) is 6.92 Å². The van der Waals surface area contributed by atoms with Gasteiger partial charge >= 0.3 is 0 Å². The molecule has 0 spiro atoms. The second-order valence-electron chi connectivity index (χ2n) is 7.91. The number of rotatable bonds is 8.